The summed E-state index contributed by atoms with van der Waals surface area (Å²) in [6.45, 7) is 9.32. The van der Waals surface area contributed by atoms with E-state index in [9.17, 15) is 9.59 Å². The van der Waals surface area contributed by atoms with E-state index in [4.69, 9.17) is 4.74 Å². The van der Waals surface area contributed by atoms with Crippen LogP contribution in [0.5, 0.6) is 0 Å². The Labute approximate surface area is 127 Å². The van der Waals surface area contributed by atoms with Crippen molar-refractivity contribution in [1.82, 2.24) is 9.55 Å². The van der Waals surface area contributed by atoms with Crippen LogP contribution in [0.4, 0.5) is 0 Å². The Morgan fingerprint density at radius 1 is 1.43 bits per heavy atom. The monoisotopic (exact) mass is 308 g/mol. The maximum atomic E-state index is 12.7. The Morgan fingerprint density at radius 2 is 2.10 bits per heavy atom. The number of hydrogen-bond donors (Lipinski definition) is 0. The van der Waals surface area contributed by atoms with Gasteiger partial charge in [-0.15, -0.1) is 11.3 Å². The summed E-state index contributed by atoms with van der Waals surface area (Å²) < 4.78 is 6.63. The number of carbonyl (C=O) groups is 1. The third-order valence-electron chi connectivity index (χ3n) is 3.46. The van der Waals surface area contributed by atoms with Gasteiger partial charge in [0.2, 0.25) is 0 Å². The van der Waals surface area contributed by atoms with E-state index in [1.807, 2.05) is 20.8 Å². The van der Waals surface area contributed by atoms with E-state index in [0.29, 0.717) is 11.8 Å². The lowest BCUT2D eigenvalue weighted by atomic mass is 10.2. The van der Waals surface area contributed by atoms with E-state index in [0.717, 1.165) is 15.3 Å². The highest BCUT2D eigenvalue weighted by molar-refractivity contribution is 7.18. The lowest BCUT2D eigenvalue weighted by molar-refractivity contribution is -0.151. The molecule has 114 valence electrons. The highest BCUT2D eigenvalue weighted by Gasteiger charge is 2.24. The molecule has 0 aliphatic carbocycles. The van der Waals surface area contributed by atoms with Gasteiger partial charge in [-0.05, 0) is 39.7 Å². The molecule has 2 aromatic rings. The normalized spacial score (nSPS) is 12.9. The van der Waals surface area contributed by atoms with Crippen LogP contribution in [0.2, 0.25) is 0 Å². The van der Waals surface area contributed by atoms with Crippen LogP contribution in [0.3, 0.4) is 0 Å². The van der Waals surface area contributed by atoms with Crippen molar-refractivity contribution >= 4 is 27.5 Å². The molecule has 0 N–H and O–H groups in total. The van der Waals surface area contributed by atoms with E-state index in [2.05, 4.69) is 4.98 Å². The first kappa shape index (κ1) is 15.7. The molecule has 6 heteroatoms. The molecule has 0 saturated heterocycles. The number of nitrogens with zero attached hydrogens (tertiary/aromatic N) is 2. The molecule has 0 bridgehead atoms. The van der Waals surface area contributed by atoms with Crippen molar-refractivity contribution < 1.29 is 9.53 Å². The van der Waals surface area contributed by atoms with E-state index >= 15 is 0 Å². The molecule has 1 atom stereocenters. The molecule has 0 unspecified atom stereocenters. The fraction of sp³-hybridized carbons (Fsp3) is 0.533. The Hall–Kier alpha value is -1.69. The fourth-order valence-electron chi connectivity index (χ4n) is 2.26. The van der Waals surface area contributed by atoms with Gasteiger partial charge in [-0.3, -0.25) is 9.36 Å². The summed E-state index contributed by atoms with van der Waals surface area (Å²) in [4.78, 5) is 31.0. The Bertz CT molecular complexity index is 730. The van der Waals surface area contributed by atoms with Crippen molar-refractivity contribution in [3.8, 4) is 0 Å². The summed E-state index contributed by atoms with van der Waals surface area (Å²) in [5, 5.41) is 0.607. The summed E-state index contributed by atoms with van der Waals surface area (Å²) in [5.74, 6) is -0.389. The first-order valence-electron chi connectivity index (χ1n) is 7.04. The number of fused-ring (bicyclic) bond motifs is 1. The molecule has 5 nitrogen and oxygen atoms in total. The van der Waals surface area contributed by atoms with Gasteiger partial charge in [-0.2, -0.15) is 0 Å². The molecule has 0 fully saturated rings. The summed E-state index contributed by atoms with van der Waals surface area (Å²) in [6.07, 6.45) is 1.74. The summed E-state index contributed by atoms with van der Waals surface area (Å²) >= 11 is 1.50. The Morgan fingerprint density at radius 3 is 2.67 bits per heavy atom. The molecular formula is C15H20N2O3S. The zero-order chi connectivity index (χ0) is 15.7. The van der Waals surface area contributed by atoms with Gasteiger partial charge in [-0.1, -0.05) is 6.92 Å². The molecule has 0 saturated carbocycles. The van der Waals surface area contributed by atoms with Crippen molar-refractivity contribution in [1.29, 1.82) is 0 Å². The average Bonchev–Trinajstić information content (AvgIpc) is 2.68. The van der Waals surface area contributed by atoms with Gasteiger partial charge >= 0.3 is 5.97 Å². The van der Waals surface area contributed by atoms with E-state index in [-0.39, 0.29) is 17.6 Å². The highest BCUT2D eigenvalue weighted by Crippen LogP contribution is 2.26. The SMILES string of the molecule is CC[C@H](C(=O)OC(C)C)n1cnc2sc(C)c(C)c2c1=O. The van der Waals surface area contributed by atoms with Gasteiger partial charge in [0.15, 0.2) is 0 Å². The minimum absolute atomic E-state index is 0.172. The lowest BCUT2D eigenvalue weighted by Gasteiger charge is -2.18. The second-order valence-electron chi connectivity index (χ2n) is 5.33. The van der Waals surface area contributed by atoms with Crippen LogP contribution in [0.25, 0.3) is 10.2 Å². The Kier molecular flexibility index (Phi) is 4.46. The molecule has 2 heterocycles. The average molecular weight is 308 g/mol. The summed E-state index contributed by atoms with van der Waals surface area (Å²) in [7, 11) is 0. The standard InChI is InChI=1S/C15H20N2O3S/c1-6-11(15(19)20-8(2)3)17-7-16-13-12(14(17)18)9(4)10(5)21-13/h7-8,11H,6H2,1-5H3/t11-/m1/s1. The van der Waals surface area contributed by atoms with Crippen LogP contribution in [0.1, 0.15) is 43.7 Å². The van der Waals surface area contributed by atoms with Crippen LogP contribution in [0, 0.1) is 13.8 Å². The quantitative estimate of drug-likeness (QED) is 0.815. The number of aromatic nitrogens is 2. The first-order chi connectivity index (χ1) is 9.86. The number of esters is 1. The van der Waals surface area contributed by atoms with Crippen molar-refractivity contribution in [2.45, 2.75) is 53.2 Å². The van der Waals surface area contributed by atoms with Crippen LogP contribution in [-0.2, 0) is 9.53 Å². The molecule has 0 spiro atoms. The molecule has 0 aromatic carbocycles. The van der Waals surface area contributed by atoms with Gasteiger partial charge in [0.05, 0.1) is 17.8 Å². The summed E-state index contributed by atoms with van der Waals surface area (Å²) in [6, 6.07) is -0.628. The largest absolute Gasteiger partial charge is 0.461 e. The maximum absolute atomic E-state index is 12.7. The third kappa shape index (κ3) is 2.85. The molecule has 21 heavy (non-hydrogen) atoms. The first-order valence-corrected chi connectivity index (χ1v) is 7.85. The predicted octanol–water partition coefficient (Wildman–Crippen LogP) is 2.98. The van der Waals surface area contributed by atoms with Crippen molar-refractivity contribution in [3.05, 3.63) is 27.1 Å². The number of carbonyl (C=O) groups excluding carboxylic acids is 1. The van der Waals surface area contributed by atoms with Crippen LogP contribution in [-0.4, -0.2) is 21.6 Å². The maximum Gasteiger partial charge on any atom is 0.329 e. The van der Waals surface area contributed by atoms with E-state index in [1.54, 1.807) is 13.8 Å². The van der Waals surface area contributed by atoms with E-state index in [1.165, 1.54) is 22.2 Å². The zero-order valence-electron chi connectivity index (χ0n) is 13.0. The van der Waals surface area contributed by atoms with Gasteiger partial charge < -0.3 is 4.74 Å². The van der Waals surface area contributed by atoms with Gasteiger partial charge in [-0.25, -0.2) is 9.78 Å². The van der Waals surface area contributed by atoms with Crippen molar-refractivity contribution in [3.63, 3.8) is 0 Å². The second kappa shape index (κ2) is 5.97. The third-order valence-corrected chi connectivity index (χ3v) is 4.58. The van der Waals surface area contributed by atoms with Gasteiger partial charge in [0.25, 0.3) is 5.56 Å². The fourth-order valence-corrected chi connectivity index (χ4v) is 3.25. The van der Waals surface area contributed by atoms with Crippen LogP contribution >= 0.6 is 11.3 Å². The topological polar surface area (TPSA) is 61.2 Å². The minimum Gasteiger partial charge on any atom is -0.461 e. The van der Waals surface area contributed by atoms with Gasteiger partial charge in [0.1, 0.15) is 10.9 Å². The summed E-state index contributed by atoms with van der Waals surface area (Å²) in [5.41, 5.74) is 0.767. The molecule has 2 aromatic heterocycles. The smallest absolute Gasteiger partial charge is 0.329 e. The number of thiophene rings is 1. The zero-order valence-corrected chi connectivity index (χ0v) is 13.8. The molecular weight excluding hydrogens is 288 g/mol. The van der Waals surface area contributed by atoms with Crippen molar-refractivity contribution in [2.24, 2.45) is 0 Å². The van der Waals surface area contributed by atoms with E-state index < -0.39 is 6.04 Å². The van der Waals surface area contributed by atoms with Crippen LogP contribution < -0.4 is 5.56 Å². The minimum atomic E-state index is -0.628. The second-order valence-corrected chi connectivity index (χ2v) is 6.53. The predicted molar refractivity (Wildman–Crippen MR) is 83.9 cm³/mol. The van der Waals surface area contributed by atoms with Crippen molar-refractivity contribution in [2.75, 3.05) is 0 Å². The lowest BCUT2D eigenvalue weighted by Crippen LogP contribution is -2.32. The number of ether oxygens (including phenoxy) is 1. The molecule has 0 amide bonds. The molecule has 0 aliphatic heterocycles. The number of aryl methyl sites for hydroxylation is 2. The molecule has 0 aliphatic rings. The molecule has 0 radical (unpaired) electrons. The Balaban J connectivity index is 2.55. The number of rotatable bonds is 4. The van der Waals surface area contributed by atoms with Gasteiger partial charge in [0, 0.05) is 4.88 Å². The van der Waals surface area contributed by atoms with Crippen LogP contribution in [0.15, 0.2) is 11.1 Å². The highest BCUT2D eigenvalue weighted by atomic mass is 32.1. The number of hydrogen-bond acceptors (Lipinski definition) is 5. The molecule has 2 rings (SSSR count).